The first-order chi connectivity index (χ1) is 3.50. The van der Waals surface area contributed by atoms with Crippen LogP contribution < -0.4 is 0 Å². The van der Waals surface area contributed by atoms with E-state index >= 15 is 0 Å². The van der Waals surface area contributed by atoms with Gasteiger partial charge in [0.15, 0.2) is 0 Å². The maximum Gasteiger partial charge on any atom is -0.172 e. The van der Waals surface area contributed by atoms with Crippen LogP contribution in [-0.2, 0) is 21.1 Å². The fraction of sp³-hybridized carbons (Fsp3) is 0.143. The predicted molar refractivity (Wildman–Crippen MR) is 35.9 cm³/mol. The fourth-order valence-corrected chi connectivity index (χ4v) is 0.321. The van der Waals surface area contributed by atoms with Gasteiger partial charge in [-0.1, -0.05) is 0 Å². The minimum atomic E-state index is 0. The summed E-state index contributed by atoms with van der Waals surface area (Å²) in [6.07, 6.45) is 0. The molecular formula is C7H12Mo-2. The van der Waals surface area contributed by atoms with Gasteiger partial charge in [-0.3, -0.25) is 0 Å². The molecule has 0 spiro atoms. The second-order valence-electron chi connectivity index (χ2n) is 0.962. The van der Waals surface area contributed by atoms with Crippen molar-refractivity contribution in [2.24, 2.45) is 0 Å². The van der Waals surface area contributed by atoms with Gasteiger partial charge in [0.1, 0.15) is 0 Å². The topological polar surface area (TPSA) is 0 Å². The average molecular weight is 192 g/mol. The van der Waals surface area contributed by atoms with Crippen LogP contribution in [0.1, 0.15) is 6.92 Å². The van der Waals surface area contributed by atoms with Crippen molar-refractivity contribution < 1.29 is 21.1 Å². The molecule has 48 valence electrons. The summed E-state index contributed by atoms with van der Waals surface area (Å²) in [6.45, 7) is 5.00. The molecule has 0 unspecified atom stereocenters. The van der Waals surface area contributed by atoms with Crippen molar-refractivity contribution in [1.29, 1.82) is 0 Å². The molecule has 0 nitrogen and oxygen atoms in total. The summed E-state index contributed by atoms with van der Waals surface area (Å²) in [5.41, 5.74) is 0. The molecule has 0 saturated heterocycles. The smallest absolute Gasteiger partial charge is 0.172 e. The molecule has 0 radical (unpaired) electrons. The van der Waals surface area contributed by atoms with Gasteiger partial charge < -0.3 is 6.92 Å². The van der Waals surface area contributed by atoms with E-state index in [1.54, 1.807) is 6.92 Å². The van der Waals surface area contributed by atoms with E-state index in [0.29, 0.717) is 0 Å². The van der Waals surface area contributed by atoms with Crippen LogP contribution in [-0.4, -0.2) is 0 Å². The minimum Gasteiger partial charge on any atom is -0.214 e. The van der Waals surface area contributed by atoms with Gasteiger partial charge in [-0.15, -0.1) is 0 Å². The molecule has 0 N–H and O–H groups in total. The minimum absolute atomic E-state index is 0. The van der Waals surface area contributed by atoms with Crippen molar-refractivity contribution >= 4 is 0 Å². The molecule has 1 aromatic rings. The van der Waals surface area contributed by atoms with E-state index < -0.39 is 0 Å². The Morgan fingerprint density at radius 1 is 1.12 bits per heavy atom. The van der Waals surface area contributed by atoms with Gasteiger partial charge >= 0.3 is 21.1 Å². The molecule has 0 amide bonds. The van der Waals surface area contributed by atoms with Crippen molar-refractivity contribution in [2.75, 3.05) is 0 Å². The van der Waals surface area contributed by atoms with E-state index in [4.69, 9.17) is 0 Å². The molecule has 1 aromatic carbocycles. The molecule has 0 heterocycles. The van der Waals surface area contributed by atoms with E-state index in [1.807, 2.05) is 30.3 Å². The Kier molecular flexibility index (Phi) is 13.8. The molecule has 0 aliphatic heterocycles. The van der Waals surface area contributed by atoms with Gasteiger partial charge in [0, 0.05) is 0 Å². The normalized spacial score (nSPS) is 5.75. The largest absolute Gasteiger partial charge is 0.214 e. The molecule has 0 fully saturated rings. The molecule has 0 bridgehead atoms. The zero-order valence-corrected chi connectivity index (χ0v) is 7.55. The number of rotatable bonds is 0. The quantitative estimate of drug-likeness (QED) is 0.433. The van der Waals surface area contributed by atoms with Crippen LogP contribution in [0.4, 0.5) is 0 Å². The Hall–Kier alpha value is 0.0383. The third-order valence-electron chi connectivity index (χ3n) is 0.556. The first-order valence-electron chi connectivity index (χ1n) is 2.37. The van der Waals surface area contributed by atoms with Gasteiger partial charge in [-0.25, -0.2) is 12.1 Å². The van der Waals surface area contributed by atoms with Crippen LogP contribution in [0.5, 0.6) is 0 Å². The molecule has 1 rings (SSSR count). The van der Waals surface area contributed by atoms with Gasteiger partial charge in [0.05, 0.1) is 0 Å². The first-order valence-corrected chi connectivity index (χ1v) is 2.37. The summed E-state index contributed by atoms with van der Waals surface area (Å²) in [5, 5.41) is 0. The Morgan fingerprint density at radius 3 is 1.62 bits per heavy atom. The Bertz CT molecular complexity index is 60.9. The first kappa shape index (κ1) is 10.9. The van der Waals surface area contributed by atoms with Gasteiger partial charge in [0.25, 0.3) is 0 Å². The summed E-state index contributed by atoms with van der Waals surface area (Å²) in [6, 6.07) is 10.0. The maximum atomic E-state index is 3.25. The Balaban J connectivity index is 0. The standard InChI is InChI=1S/C5H5.C2H5.Mo.2H/c1-2-4-5-3-1;1-2;;;/h1-5H;1H2,2H3;;;/q2*-1;;;. The second kappa shape index (κ2) is 10.1. The zero-order valence-electron chi connectivity index (χ0n) is 5.09. The van der Waals surface area contributed by atoms with Gasteiger partial charge in [-0.05, 0) is 0 Å². The monoisotopic (exact) mass is 194 g/mol. The van der Waals surface area contributed by atoms with Crippen LogP contribution in [0.2, 0.25) is 0 Å². The summed E-state index contributed by atoms with van der Waals surface area (Å²) < 4.78 is 0. The predicted octanol–water partition coefficient (Wildman–Crippen LogP) is 1.71. The molecule has 8 heavy (non-hydrogen) atoms. The van der Waals surface area contributed by atoms with Crippen LogP contribution in [0.15, 0.2) is 30.3 Å². The third-order valence-corrected chi connectivity index (χ3v) is 0.556. The molecule has 0 aliphatic carbocycles. The molecule has 0 aliphatic rings. The average Bonchev–Trinajstić information content (AvgIpc) is 2.23. The SMILES string of the molecule is [CH2-]C.[MoH2].c1cc[cH-]c1. The van der Waals surface area contributed by atoms with Crippen LogP contribution in [0.3, 0.4) is 0 Å². The summed E-state index contributed by atoms with van der Waals surface area (Å²) in [7, 11) is 0. The van der Waals surface area contributed by atoms with E-state index in [-0.39, 0.29) is 21.1 Å². The van der Waals surface area contributed by atoms with Crippen molar-refractivity contribution in [3.05, 3.63) is 37.3 Å². The van der Waals surface area contributed by atoms with Crippen molar-refractivity contribution in [2.45, 2.75) is 6.92 Å². The molecule has 0 saturated carbocycles. The summed E-state index contributed by atoms with van der Waals surface area (Å²) in [5.74, 6) is 0. The number of hydrogen-bond acceptors (Lipinski definition) is 0. The van der Waals surface area contributed by atoms with Crippen molar-refractivity contribution in [3.8, 4) is 0 Å². The Labute approximate surface area is 65.5 Å². The fourth-order valence-electron chi connectivity index (χ4n) is 0.321. The molecular weight excluding hydrogens is 180 g/mol. The molecule has 0 aromatic heterocycles. The maximum absolute atomic E-state index is 3.25. The van der Waals surface area contributed by atoms with E-state index in [2.05, 4.69) is 6.92 Å². The Morgan fingerprint density at radius 2 is 1.50 bits per heavy atom. The number of hydrogen-bond donors (Lipinski definition) is 0. The van der Waals surface area contributed by atoms with E-state index in [9.17, 15) is 0 Å². The van der Waals surface area contributed by atoms with Crippen LogP contribution in [0, 0.1) is 6.92 Å². The third kappa shape index (κ3) is 6.04. The van der Waals surface area contributed by atoms with Gasteiger partial charge in [-0.2, -0.15) is 25.1 Å². The summed E-state index contributed by atoms with van der Waals surface area (Å²) >= 11 is 0. The van der Waals surface area contributed by atoms with Gasteiger partial charge in [0.2, 0.25) is 0 Å². The second-order valence-corrected chi connectivity index (χ2v) is 0.962. The van der Waals surface area contributed by atoms with Crippen LogP contribution >= 0.6 is 0 Å². The van der Waals surface area contributed by atoms with Crippen molar-refractivity contribution in [1.82, 2.24) is 0 Å². The van der Waals surface area contributed by atoms with Crippen LogP contribution in [0.25, 0.3) is 0 Å². The zero-order chi connectivity index (χ0) is 5.54. The van der Waals surface area contributed by atoms with E-state index in [1.165, 1.54) is 0 Å². The van der Waals surface area contributed by atoms with Crippen molar-refractivity contribution in [3.63, 3.8) is 0 Å². The molecule has 0 atom stereocenters. The summed E-state index contributed by atoms with van der Waals surface area (Å²) in [4.78, 5) is 0. The van der Waals surface area contributed by atoms with E-state index in [0.717, 1.165) is 0 Å². The molecule has 1 heteroatoms.